The SMILES string of the molecule is CN(C[C@H]1CCCO1)C(=O)NCCc1nc(-c2ccccn2)no1. The summed E-state index contributed by atoms with van der Waals surface area (Å²) < 4.78 is 10.7. The van der Waals surface area contributed by atoms with Crippen LogP contribution in [0.15, 0.2) is 28.9 Å². The lowest BCUT2D eigenvalue weighted by molar-refractivity contribution is 0.0875. The molecule has 8 heteroatoms. The minimum Gasteiger partial charge on any atom is -0.376 e. The molecule has 3 rings (SSSR count). The number of ether oxygens (including phenoxy) is 1. The van der Waals surface area contributed by atoms with Gasteiger partial charge in [-0.1, -0.05) is 11.2 Å². The average molecular weight is 331 g/mol. The van der Waals surface area contributed by atoms with Crippen molar-refractivity contribution in [3.8, 4) is 11.5 Å². The molecule has 0 aromatic carbocycles. The topological polar surface area (TPSA) is 93.4 Å². The molecule has 1 fully saturated rings. The predicted molar refractivity (Wildman–Crippen MR) is 86.2 cm³/mol. The molecular weight excluding hydrogens is 310 g/mol. The maximum absolute atomic E-state index is 12.0. The molecular formula is C16H21N5O3. The highest BCUT2D eigenvalue weighted by molar-refractivity contribution is 5.73. The van der Waals surface area contributed by atoms with Crippen molar-refractivity contribution >= 4 is 6.03 Å². The van der Waals surface area contributed by atoms with E-state index >= 15 is 0 Å². The van der Waals surface area contributed by atoms with Gasteiger partial charge in [-0.25, -0.2) is 4.79 Å². The van der Waals surface area contributed by atoms with Crippen LogP contribution in [0, 0.1) is 0 Å². The molecule has 1 atom stereocenters. The van der Waals surface area contributed by atoms with Gasteiger partial charge in [-0.05, 0) is 25.0 Å². The molecule has 8 nitrogen and oxygen atoms in total. The molecule has 1 aliphatic rings. The summed E-state index contributed by atoms with van der Waals surface area (Å²) in [6, 6.07) is 5.38. The number of likely N-dealkylation sites (N-methyl/N-ethyl adjacent to an activating group) is 1. The summed E-state index contributed by atoms with van der Waals surface area (Å²) in [7, 11) is 1.77. The number of hydrogen-bond acceptors (Lipinski definition) is 6. The zero-order valence-corrected chi connectivity index (χ0v) is 13.6. The van der Waals surface area contributed by atoms with Crippen LogP contribution in [0.5, 0.6) is 0 Å². The van der Waals surface area contributed by atoms with Crippen LogP contribution in [-0.2, 0) is 11.2 Å². The van der Waals surface area contributed by atoms with E-state index in [0.29, 0.717) is 36.9 Å². The molecule has 2 aromatic rings. The van der Waals surface area contributed by atoms with Gasteiger partial charge in [-0.15, -0.1) is 0 Å². The molecule has 1 saturated heterocycles. The van der Waals surface area contributed by atoms with E-state index < -0.39 is 0 Å². The Morgan fingerprint density at radius 3 is 3.12 bits per heavy atom. The van der Waals surface area contributed by atoms with E-state index in [9.17, 15) is 4.79 Å². The van der Waals surface area contributed by atoms with Crippen molar-refractivity contribution in [3.05, 3.63) is 30.3 Å². The summed E-state index contributed by atoms with van der Waals surface area (Å²) in [6.45, 7) is 1.82. The molecule has 0 bridgehead atoms. The smallest absolute Gasteiger partial charge is 0.317 e. The number of rotatable bonds is 6. The third kappa shape index (κ3) is 4.29. The molecule has 2 amide bonds. The van der Waals surface area contributed by atoms with Crippen molar-refractivity contribution in [2.24, 2.45) is 0 Å². The lowest BCUT2D eigenvalue weighted by Crippen LogP contribution is -2.41. The number of nitrogens with zero attached hydrogens (tertiary/aromatic N) is 4. The second-order valence-corrected chi connectivity index (χ2v) is 5.72. The van der Waals surface area contributed by atoms with E-state index in [1.165, 1.54) is 0 Å². The molecule has 0 unspecified atom stereocenters. The van der Waals surface area contributed by atoms with Gasteiger partial charge in [0, 0.05) is 39.4 Å². The number of pyridine rings is 1. The number of urea groups is 1. The van der Waals surface area contributed by atoms with Gasteiger partial charge in [0.25, 0.3) is 0 Å². The molecule has 0 radical (unpaired) electrons. The van der Waals surface area contributed by atoms with E-state index in [1.807, 2.05) is 18.2 Å². The Balaban J connectivity index is 1.43. The van der Waals surface area contributed by atoms with Crippen molar-refractivity contribution in [2.45, 2.75) is 25.4 Å². The summed E-state index contributed by atoms with van der Waals surface area (Å²) >= 11 is 0. The van der Waals surface area contributed by atoms with Gasteiger partial charge in [0.1, 0.15) is 5.69 Å². The Labute approximate surface area is 140 Å². The third-order valence-corrected chi connectivity index (χ3v) is 3.83. The molecule has 24 heavy (non-hydrogen) atoms. The van der Waals surface area contributed by atoms with Crippen LogP contribution >= 0.6 is 0 Å². The second kappa shape index (κ2) is 7.87. The molecule has 0 saturated carbocycles. The van der Waals surface area contributed by atoms with Crippen molar-refractivity contribution in [3.63, 3.8) is 0 Å². The lowest BCUT2D eigenvalue weighted by Gasteiger charge is -2.21. The first kappa shape index (κ1) is 16.4. The monoisotopic (exact) mass is 331 g/mol. The number of aromatic nitrogens is 3. The maximum Gasteiger partial charge on any atom is 0.317 e. The van der Waals surface area contributed by atoms with Crippen molar-refractivity contribution in [2.75, 3.05) is 26.7 Å². The first-order chi connectivity index (χ1) is 11.7. The van der Waals surface area contributed by atoms with Crippen molar-refractivity contribution in [1.82, 2.24) is 25.3 Å². The molecule has 1 N–H and O–H groups in total. The summed E-state index contributed by atoms with van der Waals surface area (Å²) in [5.41, 5.74) is 0.660. The largest absolute Gasteiger partial charge is 0.376 e. The van der Waals surface area contributed by atoms with Crippen LogP contribution in [-0.4, -0.2) is 58.9 Å². The second-order valence-electron chi connectivity index (χ2n) is 5.72. The van der Waals surface area contributed by atoms with E-state index in [2.05, 4.69) is 20.4 Å². The highest BCUT2D eigenvalue weighted by Gasteiger charge is 2.20. The standard InChI is InChI=1S/C16H21N5O3/c1-21(11-12-5-4-10-23-12)16(22)18-9-7-14-19-15(20-24-14)13-6-2-3-8-17-13/h2-3,6,8,12H,4-5,7,9-11H2,1H3,(H,18,22)/t12-/m1/s1. The fourth-order valence-corrected chi connectivity index (χ4v) is 2.54. The quantitative estimate of drug-likeness (QED) is 0.862. The number of nitrogens with one attached hydrogen (secondary N) is 1. The van der Waals surface area contributed by atoms with Crippen molar-refractivity contribution in [1.29, 1.82) is 0 Å². The predicted octanol–water partition coefficient (Wildman–Crippen LogP) is 1.49. The summed E-state index contributed by atoms with van der Waals surface area (Å²) in [5, 5.41) is 6.74. The Morgan fingerprint density at radius 2 is 2.38 bits per heavy atom. The van der Waals surface area contributed by atoms with Crippen LogP contribution in [0.1, 0.15) is 18.7 Å². The maximum atomic E-state index is 12.0. The molecule has 2 aromatic heterocycles. The Hall–Kier alpha value is -2.48. The summed E-state index contributed by atoms with van der Waals surface area (Å²) in [4.78, 5) is 22.1. The van der Waals surface area contributed by atoms with E-state index in [1.54, 1.807) is 18.1 Å². The molecule has 0 spiro atoms. The summed E-state index contributed by atoms with van der Waals surface area (Å²) in [6.07, 6.45) is 4.37. The summed E-state index contributed by atoms with van der Waals surface area (Å²) in [5.74, 6) is 0.921. The van der Waals surface area contributed by atoms with Crippen LogP contribution in [0.25, 0.3) is 11.5 Å². The number of amides is 2. The van der Waals surface area contributed by atoms with E-state index in [0.717, 1.165) is 19.4 Å². The number of hydrogen-bond donors (Lipinski definition) is 1. The first-order valence-corrected chi connectivity index (χ1v) is 8.07. The van der Waals surface area contributed by atoms with Gasteiger partial charge >= 0.3 is 6.03 Å². The number of carbonyl (C=O) groups excluding carboxylic acids is 1. The van der Waals surface area contributed by atoms with Crippen LogP contribution in [0.3, 0.4) is 0 Å². The zero-order chi connectivity index (χ0) is 16.8. The van der Waals surface area contributed by atoms with Gasteiger partial charge in [0.05, 0.1) is 6.10 Å². The fourth-order valence-electron chi connectivity index (χ4n) is 2.54. The van der Waals surface area contributed by atoms with E-state index in [-0.39, 0.29) is 12.1 Å². The zero-order valence-electron chi connectivity index (χ0n) is 13.6. The fraction of sp³-hybridized carbons (Fsp3) is 0.500. The van der Waals surface area contributed by atoms with Crippen LogP contribution in [0.2, 0.25) is 0 Å². The van der Waals surface area contributed by atoms with Gasteiger partial charge in [0.2, 0.25) is 11.7 Å². The molecule has 0 aliphatic carbocycles. The van der Waals surface area contributed by atoms with Gasteiger partial charge < -0.3 is 19.5 Å². The molecule has 128 valence electrons. The average Bonchev–Trinajstić information content (AvgIpc) is 3.27. The third-order valence-electron chi connectivity index (χ3n) is 3.83. The molecule has 3 heterocycles. The van der Waals surface area contributed by atoms with Crippen LogP contribution in [0.4, 0.5) is 4.79 Å². The minimum atomic E-state index is -0.130. The Kier molecular flexibility index (Phi) is 5.37. The van der Waals surface area contributed by atoms with Crippen molar-refractivity contribution < 1.29 is 14.1 Å². The number of carbonyl (C=O) groups is 1. The lowest BCUT2D eigenvalue weighted by atomic mass is 10.2. The van der Waals surface area contributed by atoms with E-state index in [4.69, 9.17) is 9.26 Å². The van der Waals surface area contributed by atoms with Crippen LogP contribution < -0.4 is 5.32 Å². The molecule has 1 aliphatic heterocycles. The Morgan fingerprint density at radius 1 is 1.46 bits per heavy atom. The highest BCUT2D eigenvalue weighted by atomic mass is 16.5. The van der Waals surface area contributed by atoms with Gasteiger partial charge in [-0.3, -0.25) is 4.98 Å². The highest BCUT2D eigenvalue weighted by Crippen LogP contribution is 2.13. The normalized spacial score (nSPS) is 17.0. The Bertz CT molecular complexity index is 655. The minimum absolute atomic E-state index is 0.130. The van der Waals surface area contributed by atoms with Gasteiger partial charge in [0.15, 0.2) is 0 Å². The first-order valence-electron chi connectivity index (χ1n) is 8.07. The van der Waals surface area contributed by atoms with Gasteiger partial charge in [-0.2, -0.15) is 4.98 Å².